The van der Waals surface area contributed by atoms with E-state index in [-0.39, 0.29) is 18.2 Å². The Hall–Kier alpha value is -2.22. The zero-order valence-electron chi connectivity index (χ0n) is 12.0. The highest BCUT2D eigenvalue weighted by Gasteiger charge is 2.27. The zero-order valence-corrected chi connectivity index (χ0v) is 12.8. The largest absolute Gasteiger partial charge is 0.461 e. The minimum absolute atomic E-state index is 0.120. The topological polar surface area (TPSA) is 86.1 Å². The van der Waals surface area contributed by atoms with Gasteiger partial charge in [0.25, 0.3) is 0 Å². The van der Waals surface area contributed by atoms with Crippen LogP contribution in [0.3, 0.4) is 0 Å². The molecule has 112 valence electrons. The van der Waals surface area contributed by atoms with E-state index >= 15 is 0 Å². The van der Waals surface area contributed by atoms with Gasteiger partial charge in [0.15, 0.2) is 5.69 Å². The third kappa shape index (κ3) is 2.94. The quantitative estimate of drug-likeness (QED) is 0.846. The number of carbonyl (C=O) groups excluding carboxylic acids is 2. The van der Waals surface area contributed by atoms with Crippen molar-refractivity contribution in [2.24, 2.45) is 0 Å². The molecule has 8 heteroatoms. The summed E-state index contributed by atoms with van der Waals surface area (Å²) in [6.07, 6.45) is 0. The van der Waals surface area contributed by atoms with Gasteiger partial charge in [0.05, 0.1) is 11.5 Å². The van der Waals surface area contributed by atoms with Crippen molar-refractivity contribution in [1.29, 1.82) is 0 Å². The number of aromatic nitrogens is 3. The Balaban J connectivity index is 2.52. The fourth-order valence-electron chi connectivity index (χ4n) is 1.86. The molecular weight excluding hydrogens is 292 g/mol. The van der Waals surface area contributed by atoms with E-state index in [2.05, 4.69) is 15.6 Å². The van der Waals surface area contributed by atoms with E-state index in [0.717, 1.165) is 4.88 Å². The summed E-state index contributed by atoms with van der Waals surface area (Å²) >= 11 is 1.44. The van der Waals surface area contributed by atoms with Gasteiger partial charge in [-0.2, -0.15) is 0 Å². The highest BCUT2D eigenvalue weighted by Crippen LogP contribution is 2.29. The van der Waals surface area contributed by atoms with E-state index in [9.17, 15) is 9.59 Å². The molecule has 0 bridgehead atoms. The molecule has 2 rings (SSSR count). The maximum atomic E-state index is 12.0. The number of ether oxygens (including phenoxy) is 1. The lowest BCUT2D eigenvalue weighted by molar-refractivity contribution is -0.123. The molecule has 0 aliphatic heterocycles. The first-order valence-corrected chi connectivity index (χ1v) is 7.35. The number of likely N-dealkylation sites (N-methyl/N-ethyl adjacent to an activating group) is 1. The molecule has 1 amide bonds. The monoisotopic (exact) mass is 308 g/mol. The summed E-state index contributed by atoms with van der Waals surface area (Å²) in [5.74, 6) is -0.760. The lowest BCUT2D eigenvalue weighted by Gasteiger charge is -2.12. The lowest BCUT2D eigenvalue weighted by Crippen LogP contribution is -2.29. The zero-order chi connectivity index (χ0) is 15.4. The molecule has 0 saturated carbocycles. The van der Waals surface area contributed by atoms with Crippen LogP contribution in [0.5, 0.6) is 0 Å². The van der Waals surface area contributed by atoms with Gasteiger partial charge in [-0.3, -0.25) is 4.79 Å². The smallest absolute Gasteiger partial charge is 0.361 e. The summed E-state index contributed by atoms with van der Waals surface area (Å²) in [5.41, 5.74) is 0.620. The number of hydrogen-bond donors (Lipinski definition) is 1. The van der Waals surface area contributed by atoms with Gasteiger partial charge < -0.3 is 10.1 Å². The minimum Gasteiger partial charge on any atom is -0.461 e. The van der Waals surface area contributed by atoms with Gasteiger partial charge in [-0.15, -0.1) is 16.4 Å². The predicted molar refractivity (Wildman–Crippen MR) is 78.1 cm³/mol. The molecule has 0 spiro atoms. The van der Waals surface area contributed by atoms with Crippen molar-refractivity contribution in [3.05, 3.63) is 23.2 Å². The lowest BCUT2D eigenvalue weighted by atomic mass is 10.2. The summed E-state index contributed by atoms with van der Waals surface area (Å²) in [5, 5.41) is 12.3. The average Bonchev–Trinajstić information content (AvgIpc) is 3.13. The van der Waals surface area contributed by atoms with E-state index in [1.54, 1.807) is 20.9 Å². The second-order valence-electron chi connectivity index (χ2n) is 4.22. The molecule has 7 nitrogen and oxygen atoms in total. The van der Waals surface area contributed by atoms with Crippen molar-refractivity contribution >= 4 is 23.2 Å². The number of amides is 1. The van der Waals surface area contributed by atoms with Crippen LogP contribution < -0.4 is 5.32 Å². The first-order valence-electron chi connectivity index (χ1n) is 6.47. The third-order valence-electron chi connectivity index (χ3n) is 2.91. The van der Waals surface area contributed by atoms with Crippen molar-refractivity contribution in [1.82, 2.24) is 20.3 Å². The van der Waals surface area contributed by atoms with Gasteiger partial charge >= 0.3 is 5.97 Å². The second-order valence-corrected chi connectivity index (χ2v) is 5.17. The molecule has 0 radical (unpaired) electrons. The molecule has 0 fully saturated rings. The standard InChI is InChI=1S/C13H16N4O3S/c1-4-20-13(19)10-11(9-6-5-7-21-9)17(16-15-10)8(2)12(18)14-3/h5-8H,4H2,1-3H3,(H,14,18). The fourth-order valence-corrected chi connectivity index (χ4v) is 2.63. The molecule has 2 aromatic heterocycles. The van der Waals surface area contributed by atoms with Crippen LogP contribution in [-0.4, -0.2) is 40.5 Å². The van der Waals surface area contributed by atoms with Crippen LogP contribution in [0.2, 0.25) is 0 Å². The van der Waals surface area contributed by atoms with Gasteiger partial charge in [-0.05, 0) is 25.3 Å². The summed E-state index contributed by atoms with van der Waals surface area (Å²) in [4.78, 5) is 24.6. The SMILES string of the molecule is CCOC(=O)c1nnn(C(C)C(=O)NC)c1-c1cccs1. The molecule has 21 heavy (non-hydrogen) atoms. The van der Waals surface area contributed by atoms with E-state index in [4.69, 9.17) is 4.74 Å². The third-order valence-corrected chi connectivity index (χ3v) is 3.79. The van der Waals surface area contributed by atoms with E-state index in [1.165, 1.54) is 16.0 Å². The fraction of sp³-hybridized carbons (Fsp3) is 0.385. The number of rotatable bonds is 5. The van der Waals surface area contributed by atoms with E-state index in [0.29, 0.717) is 5.69 Å². The predicted octanol–water partition coefficient (Wildman–Crippen LogP) is 1.49. The van der Waals surface area contributed by atoms with Crippen LogP contribution >= 0.6 is 11.3 Å². The first-order chi connectivity index (χ1) is 10.1. The highest BCUT2D eigenvalue weighted by molar-refractivity contribution is 7.13. The van der Waals surface area contributed by atoms with Gasteiger partial charge in [0.1, 0.15) is 11.7 Å². The Morgan fingerprint density at radius 2 is 2.29 bits per heavy atom. The molecule has 1 N–H and O–H groups in total. The minimum atomic E-state index is -0.581. The van der Waals surface area contributed by atoms with Gasteiger partial charge in [-0.1, -0.05) is 11.3 Å². The number of carbonyl (C=O) groups is 2. The van der Waals surface area contributed by atoms with Gasteiger partial charge in [0, 0.05) is 7.05 Å². The Labute approximate surface area is 125 Å². The molecule has 2 aromatic rings. The summed E-state index contributed by atoms with van der Waals surface area (Å²) in [6, 6.07) is 3.12. The van der Waals surface area contributed by atoms with Crippen molar-refractivity contribution < 1.29 is 14.3 Å². The molecule has 0 aliphatic rings. The average molecular weight is 308 g/mol. The maximum absolute atomic E-state index is 12.0. The summed E-state index contributed by atoms with van der Waals surface area (Å²) in [6.45, 7) is 3.67. The van der Waals surface area contributed by atoms with Crippen molar-refractivity contribution in [3.63, 3.8) is 0 Å². The number of thiophene rings is 1. The van der Waals surface area contributed by atoms with Crippen LogP contribution in [0.25, 0.3) is 10.6 Å². The molecule has 0 saturated heterocycles. The van der Waals surface area contributed by atoms with Crippen LogP contribution in [0.15, 0.2) is 17.5 Å². The molecule has 0 aromatic carbocycles. The molecule has 1 unspecified atom stereocenters. The second kappa shape index (κ2) is 6.49. The van der Waals surface area contributed by atoms with Gasteiger partial charge in [0.2, 0.25) is 5.91 Å². The van der Waals surface area contributed by atoms with Gasteiger partial charge in [-0.25, -0.2) is 9.48 Å². The molecule has 2 heterocycles. The van der Waals surface area contributed by atoms with Crippen molar-refractivity contribution in [3.8, 4) is 10.6 Å². The van der Waals surface area contributed by atoms with Crippen molar-refractivity contribution in [2.75, 3.05) is 13.7 Å². The molecule has 1 atom stereocenters. The number of nitrogens with one attached hydrogen (secondary N) is 1. The Morgan fingerprint density at radius 3 is 2.86 bits per heavy atom. The highest BCUT2D eigenvalue weighted by atomic mass is 32.1. The first kappa shape index (κ1) is 15.2. The number of hydrogen-bond acceptors (Lipinski definition) is 6. The van der Waals surface area contributed by atoms with Crippen LogP contribution in [0.4, 0.5) is 0 Å². The van der Waals surface area contributed by atoms with E-state index < -0.39 is 12.0 Å². The Bertz CT molecular complexity index is 636. The number of nitrogens with zero attached hydrogens (tertiary/aromatic N) is 3. The molecule has 0 aliphatic carbocycles. The van der Waals surface area contributed by atoms with Crippen LogP contribution in [0, 0.1) is 0 Å². The van der Waals surface area contributed by atoms with Crippen LogP contribution in [0.1, 0.15) is 30.4 Å². The van der Waals surface area contributed by atoms with Crippen LogP contribution in [-0.2, 0) is 9.53 Å². The number of esters is 1. The van der Waals surface area contributed by atoms with E-state index in [1.807, 2.05) is 17.5 Å². The summed E-state index contributed by atoms with van der Waals surface area (Å²) in [7, 11) is 1.55. The van der Waals surface area contributed by atoms with Crippen molar-refractivity contribution in [2.45, 2.75) is 19.9 Å². The Morgan fingerprint density at radius 1 is 1.52 bits per heavy atom. The summed E-state index contributed by atoms with van der Waals surface area (Å²) < 4.78 is 6.44. The normalized spacial score (nSPS) is 12.0. The molecular formula is C13H16N4O3S. The maximum Gasteiger partial charge on any atom is 0.361 e. The Kier molecular flexibility index (Phi) is 4.69.